The van der Waals surface area contributed by atoms with Crippen LogP contribution in [0.3, 0.4) is 0 Å². The van der Waals surface area contributed by atoms with Crippen molar-refractivity contribution in [2.24, 2.45) is 0 Å². The van der Waals surface area contributed by atoms with Gasteiger partial charge in [0.25, 0.3) is 0 Å². The Kier molecular flexibility index (Phi) is 4.64. The van der Waals surface area contributed by atoms with E-state index < -0.39 is 11.9 Å². The molecular weight excluding hydrogens is 387 g/mol. The minimum absolute atomic E-state index is 0.178. The van der Waals surface area contributed by atoms with Gasteiger partial charge in [0, 0.05) is 0 Å². The van der Waals surface area contributed by atoms with Gasteiger partial charge in [-0.3, -0.25) is 0 Å². The van der Waals surface area contributed by atoms with Gasteiger partial charge in [-0.25, -0.2) is 9.67 Å². The maximum absolute atomic E-state index is 13.5. The molecule has 0 unspecified atom stereocenters. The monoisotopic (exact) mass is 401 g/mol. The normalized spacial score (nSPS) is 12.1. The molecule has 2 aromatic heterocycles. The van der Waals surface area contributed by atoms with Gasteiger partial charge in [0.15, 0.2) is 5.69 Å². The Hall–Kier alpha value is -3.13. The number of benzene rings is 2. The molecule has 0 N–H and O–H groups in total. The van der Waals surface area contributed by atoms with Crippen molar-refractivity contribution in [1.29, 1.82) is 0 Å². The van der Waals surface area contributed by atoms with Crippen molar-refractivity contribution in [3.63, 3.8) is 0 Å². The van der Waals surface area contributed by atoms with Crippen LogP contribution in [0.5, 0.6) is 5.75 Å². The molecule has 2 heterocycles. The summed E-state index contributed by atoms with van der Waals surface area (Å²) in [6.07, 6.45) is -1.30. The smallest absolute Gasteiger partial charge is 0.433 e. The van der Waals surface area contributed by atoms with Crippen LogP contribution in [0.4, 0.5) is 13.2 Å². The predicted molar refractivity (Wildman–Crippen MR) is 104 cm³/mol. The number of alkyl halides is 3. The fourth-order valence-corrected chi connectivity index (χ4v) is 3.61. The van der Waals surface area contributed by atoms with Gasteiger partial charge in [-0.2, -0.15) is 18.3 Å². The van der Waals surface area contributed by atoms with Crippen molar-refractivity contribution in [1.82, 2.24) is 14.8 Å². The first kappa shape index (κ1) is 18.2. The van der Waals surface area contributed by atoms with E-state index in [4.69, 9.17) is 4.74 Å². The Labute approximate surface area is 162 Å². The second kappa shape index (κ2) is 7.12. The quantitative estimate of drug-likeness (QED) is 0.442. The van der Waals surface area contributed by atoms with E-state index >= 15 is 0 Å². The maximum atomic E-state index is 13.5. The lowest BCUT2D eigenvalue weighted by atomic mass is 10.2. The van der Waals surface area contributed by atoms with Crippen molar-refractivity contribution in [2.75, 3.05) is 7.11 Å². The third-order valence-electron chi connectivity index (χ3n) is 4.04. The molecule has 142 valence electrons. The molecule has 0 saturated carbocycles. The van der Waals surface area contributed by atoms with Crippen LogP contribution in [-0.4, -0.2) is 21.9 Å². The van der Waals surface area contributed by atoms with Gasteiger partial charge < -0.3 is 4.74 Å². The molecule has 0 aliphatic heterocycles. The van der Waals surface area contributed by atoms with E-state index in [2.05, 4.69) is 10.1 Å². The molecule has 4 nitrogen and oxygen atoms in total. The van der Waals surface area contributed by atoms with Crippen LogP contribution in [0.25, 0.3) is 27.5 Å². The first-order valence-electron chi connectivity index (χ1n) is 8.29. The molecule has 28 heavy (non-hydrogen) atoms. The average molecular weight is 401 g/mol. The van der Waals surface area contributed by atoms with E-state index in [9.17, 15) is 13.2 Å². The Morgan fingerprint density at radius 1 is 1.04 bits per heavy atom. The lowest BCUT2D eigenvalue weighted by Crippen LogP contribution is -2.12. The van der Waals surface area contributed by atoms with E-state index in [1.165, 1.54) is 0 Å². The third-order valence-corrected chi connectivity index (χ3v) is 5.06. The molecule has 0 bridgehead atoms. The molecule has 0 radical (unpaired) electrons. The number of para-hydroxylation sites is 1. The van der Waals surface area contributed by atoms with Crippen LogP contribution in [0.15, 0.2) is 54.6 Å². The van der Waals surface area contributed by atoms with E-state index in [0.717, 1.165) is 32.3 Å². The topological polar surface area (TPSA) is 39.9 Å². The molecule has 0 atom stereocenters. The molecule has 4 aromatic rings. The van der Waals surface area contributed by atoms with Gasteiger partial charge in [0.1, 0.15) is 5.75 Å². The number of aromatic nitrogens is 3. The van der Waals surface area contributed by atoms with E-state index in [1.54, 1.807) is 43.5 Å². The Morgan fingerprint density at radius 3 is 2.46 bits per heavy atom. The van der Waals surface area contributed by atoms with E-state index in [0.29, 0.717) is 11.3 Å². The van der Waals surface area contributed by atoms with Crippen LogP contribution in [0, 0.1) is 0 Å². The largest absolute Gasteiger partial charge is 0.497 e. The fourth-order valence-electron chi connectivity index (χ4n) is 2.68. The van der Waals surface area contributed by atoms with Gasteiger partial charge >= 0.3 is 6.18 Å². The van der Waals surface area contributed by atoms with E-state index in [-0.39, 0.29) is 10.8 Å². The van der Waals surface area contributed by atoms with Crippen molar-refractivity contribution in [2.45, 2.75) is 6.18 Å². The maximum Gasteiger partial charge on any atom is 0.433 e. The Bertz CT molecular complexity index is 1110. The van der Waals surface area contributed by atoms with Crippen molar-refractivity contribution in [3.05, 3.63) is 71.5 Å². The predicted octanol–water partition coefficient (Wildman–Crippen LogP) is 5.68. The zero-order chi connectivity index (χ0) is 19.7. The first-order chi connectivity index (χ1) is 13.4. The fraction of sp³-hybridized carbons (Fsp3) is 0.100. The lowest BCUT2D eigenvalue weighted by Gasteiger charge is -2.06. The minimum atomic E-state index is -4.54. The van der Waals surface area contributed by atoms with Crippen LogP contribution in [-0.2, 0) is 6.18 Å². The zero-order valence-electron chi connectivity index (χ0n) is 14.6. The number of hydrogen-bond acceptors (Lipinski definition) is 4. The Balaban J connectivity index is 1.72. The molecule has 0 amide bonds. The summed E-state index contributed by atoms with van der Waals surface area (Å²) in [5.74, 6) is 0.705. The zero-order valence-corrected chi connectivity index (χ0v) is 15.5. The summed E-state index contributed by atoms with van der Waals surface area (Å²) in [6, 6.07) is 15.4. The molecule has 2 aromatic carbocycles. The number of methoxy groups -OCH3 is 1. The first-order valence-corrected chi connectivity index (χ1v) is 9.11. The highest BCUT2D eigenvalue weighted by Crippen LogP contribution is 2.34. The summed E-state index contributed by atoms with van der Waals surface area (Å²) in [6.45, 7) is 0. The highest BCUT2D eigenvalue weighted by Gasteiger charge is 2.36. The minimum Gasteiger partial charge on any atom is -0.497 e. The molecule has 0 aliphatic rings. The molecular formula is C20H14F3N3OS. The average Bonchev–Trinajstić information content (AvgIpc) is 3.30. The standard InChI is InChI=1S/C20H14F3N3OS/c1-27-15-10-7-13(8-11-15)6-9-14-12-18(20(21,22)23)26(25-14)19-24-16-4-2-3-5-17(16)28-19/h2-12H,1H3/b9-6-. The summed E-state index contributed by atoms with van der Waals surface area (Å²) >= 11 is 1.16. The summed E-state index contributed by atoms with van der Waals surface area (Å²) in [5.41, 5.74) is 0.800. The molecule has 0 saturated heterocycles. The van der Waals surface area contributed by atoms with Gasteiger partial charge in [0.2, 0.25) is 5.13 Å². The molecule has 8 heteroatoms. The Morgan fingerprint density at radius 2 is 1.79 bits per heavy atom. The van der Waals surface area contributed by atoms with Crippen molar-refractivity contribution in [3.8, 4) is 10.9 Å². The number of ether oxygens (including phenoxy) is 1. The number of halogens is 3. The SMILES string of the molecule is COc1ccc(/C=C\c2cc(C(F)(F)F)n(-c3nc4ccccc4s3)n2)cc1. The highest BCUT2D eigenvalue weighted by molar-refractivity contribution is 7.20. The van der Waals surface area contributed by atoms with Crippen molar-refractivity contribution < 1.29 is 17.9 Å². The van der Waals surface area contributed by atoms with Crippen molar-refractivity contribution >= 4 is 33.7 Å². The summed E-state index contributed by atoms with van der Waals surface area (Å²) in [4.78, 5) is 4.29. The second-order valence-electron chi connectivity index (χ2n) is 5.93. The molecule has 4 rings (SSSR count). The van der Waals surface area contributed by atoms with Crippen LogP contribution >= 0.6 is 11.3 Å². The van der Waals surface area contributed by atoms with Crippen LogP contribution in [0.2, 0.25) is 0 Å². The van der Waals surface area contributed by atoms with Gasteiger partial charge in [-0.05, 0) is 42.0 Å². The van der Waals surface area contributed by atoms with Crippen LogP contribution < -0.4 is 4.74 Å². The lowest BCUT2D eigenvalue weighted by molar-refractivity contribution is -0.142. The second-order valence-corrected chi connectivity index (χ2v) is 6.94. The number of hydrogen-bond donors (Lipinski definition) is 0. The number of rotatable bonds is 4. The summed E-state index contributed by atoms with van der Waals surface area (Å²) in [7, 11) is 1.57. The number of nitrogens with zero attached hydrogens (tertiary/aromatic N) is 3. The number of fused-ring (bicyclic) bond motifs is 1. The molecule has 0 aliphatic carbocycles. The van der Waals surface area contributed by atoms with Gasteiger partial charge in [-0.15, -0.1) is 0 Å². The summed E-state index contributed by atoms with van der Waals surface area (Å²) in [5, 5.41) is 4.30. The van der Waals surface area contributed by atoms with E-state index in [1.807, 2.05) is 24.3 Å². The van der Waals surface area contributed by atoms with Gasteiger partial charge in [-0.1, -0.05) is 41.7 Å². The third kappa shape index (κ3) is 3.63. The van der Waals surface area contributed by atoms with Crippen LogP contribution in [0.1, 0.15) is 17.0 Å². The van der Waals surface area contributed by atoms with Gasteiger partial charge in [0.05, 0.1) is 23.0 Å². The number of thiazole rings is 1. The summed E-state index contributed by atoms with van der Waals surface area (Å²) < 4.78 is 47.3. The highest BCUT2D eigenvalue weighted by atomic mass is 32.1. The molecule has 0 spiro atoms. The molecule has 0 fully saturated rings.